The van der Waals surface area contributed by atoms with E-state index in [0.29, 0.717) is 18.2 Å². The van der Waals surface area contributed by atoms with Crippen LogP contribution in [0.15, 0.2) is 24.3 Å². The summed E-state index contributed by atoms with van der Waals surface area (Å²) in [6, 6.07) is 8.44. The molecule has 0 heterocycles. The number of hydrogen-bond donors (Lipinski definition) is 0. The van der Waals surface area contributed by atoms with Gasteiger partial charge in [-0.05, 0) is 50.3 Å². The minimum absolute atomic E-state index is 0.0310. The maximum Gasteiger partial charge on any atom is 0.306 e. The highest BCUT2D eigenvalue weighted by Crippen LogP contribution is 2.17. The first kappa shape index (κ1) is 24.1. The third kappa shape index (κ3) is 10.8. The number of benzene rings is 1. The zero-order valence-corrected chi connectivity index (χ0v) is 18.4. The Balaban J connectivity index is 2.29. The maximum absolute atomic E-state index is 12.0. The minimum atomic E-state index is -0.0787. The lowest BCUT2D eigenvalue weighted by atomic mass is 10.1. The largest absolute Gasteiger partial charge is 0.463 e. The molecule has 0 bridgehead atoms. The topological polar surface area (TPSA) is 29.5 Å². The Kier molecular flexibility index (Phi) is 13.4. The van der Waals surface area contributed by atoms with Gasteiger partial charge in [0.15, 0.2) is 0 Å². The van der Waals surface area contributed by atoms with E-state index >= 15 is 0 Å². The van der Waals surface area contributed by atoms with Crippen molar-refractivity contribution in [3.63, 3.8) is 0 Å². The van der Waals surface area contributed by atoms with Gasteiger partial charge in [0.1, 0.15) is 0 Å². The molecule has 0 spiro atoms. The van der Waals surface area contributed by atoms with Crippen molar-refractivity contribution in [2.24, 2.45) is 0 Å². The van der Waals surface area contributed by atoms with E-state index in [2.05, 4.69) is 36.1 Å². The highest BCUT2D eigenvalue weighted by atomic mass is 35.5. The van der Waals surface area contributed by atoms with Crippen molar-refractivity contribution in [2.75, 3.05) is 29.7 Å². The molecule has 154 valence electrons. The second-order valence-corrected chi connectivity index (χ2v) is 7.79. The molecule has 1 rings (SSSR count). The standard InChI is InChI=1S/C22H35Cl2NO2/c1-3-4-5-6-8-19(2)27-22(26)10-7-9-20-11-13-21(14-12-20)25(17-15-23)18-16-24/h11-14,19H,3-10,15-18H2,1-2H3/t19-/m0/s1. The Morgan fingerprint density at radius 2 is 1.70 bits per heavy atom. The van der Waals surface area contributed by atoms with Gasteiger partial charge < -0.3 is 9.64 Å². The summed E-state index contributed by atoms with van der Waals surface area (Å²) in [7, 11) is 0. The van der Waals surface area contributed by atoms with Gasteiger partial charge >= 0.3 is 5.97 Å². The normalized spacial score (nSPS) is 12.0. The van der Waals surface area contributed by atoms with Crippen LogP contribution in [0.3, 0.4) is 0 Å². The van der Waals surface area contributed by atoms with Gasteiger partial charge in [-0.3, -0.25) is 4.79 Å². The predicted molar refractivity (Wildman–Crippen MR) is 117 cm³/mol. The van der Waals surface area contributed by atoms with Crippen molar-refractivity contribution in [1.82, 2.24) is 0 Å². The van der Waals surface area contributed by atoms with Crippen molar-refractivity contribution in [2.45, 2.75) is 71.3 Å². The number of aryl methyl sites for hydroxylation is 1. The summed E-state index contributed by atoms with van der Waals surface area (Å²) in [6.07, 6.45) is 8.02. The first-order valence-corrected chi connectivity index (χ1v) is 11.3. The first-order chi connectivity index (χ1) is 13.1. The molecule has 0 aliphatic carbocycles. The third-order valence-corrected chi connectivity index (χ3v) is 4.99. The van der Waals surface area contributed by atoms with E-state index in [0.717, 1.165) is 44.5 Å². The molecular formula is C22H35Cl2NO2. The molecule has 0 fully saturated rings. The summed E-state index contributed by atoms with van der Waals surface area (Å²) in [5, 5.41) is 0. The molecule has 0 aliphatic rings. The van der Waals surface area contributed by atoms with Gasteiger partial charge in [-0.2, -0.15) is 0 Å². The van der Waals surface area contributed by atoms with Crippen molar-refractivity contribution >= 4 is 34.9 Å². The molecule has 0 unspecified atom stereocenters. The van der Waals surface area contributed by atoms with E-state index < -0.39 is 0 Å². The number of ether oxygens (including phenoxy) is 1. The molecule has 0 N–H and O–H groups in total. The van der Waals surface area contributed by atoms with Crippen molar-refractivity contribution in [1.29, 1.82) is 0 Å². The molecule has 1 aromatic rings. The number of hydrogen-bond acceptors (Lipinski definition) is 3. The molecule has 5 heteroatoms. The Morgan fingerprint density at radius 1 is 1.04 bits per heavy atom. The molecule has 3 nitrogen and oxygen atoms in total. The lowest BCUT2D eigenvalue weighted by Gasteiger charge is -2.23. The van der Waals surface area contributed by atoms with Gasteiger partial charge in [0.2, 0.25) is 0 Å². The number of anilines is 1. The SMILES string of the molecule is CCCCCC[C@H](C)OC(=O)CCCc1ccc(N(CCCl)CCCl)cc1. The van der Waals surface area contributed by atoms with E-state index in [1.54, 1.807) is 0 Å². The van der Waals surface area contributed by atoms with E-state index in [9.17, 15) is 4.79 Å². The summed E-state index contributed by atoms with van der Waals surface area (Å²) in [6.45, 7) is 5.77. The maximum atomic E-state index is 12.0. The van der Waals surface area contributed by atoms with Crippen molar-refractivity contribution < 1.29 is 9.53 Å². The predicted octanol–water partition coefficient (Wildman–Crippen LogP) is 6.20. The first-order valence-electron chi connectivity index (χ1n) is 10.3. The van der Waals surface area contributed by atoms with Crippen LogP contribution in [0.2, 0.25) is 0 Å². The summed E-state index contributed by atoms with van der Waals surface area (Å²) in [5.41, 5.74) is 2.37. The lowest BCUT2D eigenvalue weighted by molar-refractivity contribution is -0.148. The summed E-state index contributed by atoms with van der Waals surface area (Å²) >= 11 is 11.7. The highest BCUT2D eigenvalue weighted by molar-refractivity contribution is 6.18. The lowest BCUT2D eigenvalue weighted by Crippen LogP contribution is -2.27. The average molecular weight is 416 g/mol. The van der Waals surface area contributed by atoms with E-state index in [1.165, 1.54) is 24.8 Å². The molecule has 0 saturated heterocycles. The van der Waals surface area contributed by atoms with E-state index in [4.69, 9.17) is 27.9 Å². The summed E-state index contributed by atoms with van der Waals surface area (Å²) in [4.78, 5) is 14.1. The number of esters is 1. The smallest absolute Gasteiger partial charge is 0.306 e. The van der Waals surface area contributed by atoms with Crippen molar-refractivity contribution in [3.05, 3.63) is 29.8 Å². The fourth-order valence-electron chi connectivity index (χ4n) is 3.09. The molecule has 27 heavy (non-hydrogen) atoms. The molecular weight excluding hydrogens is 381 g/mol. The monoisotopic (exact) mass is 415 g/mol. The van der Waals surface area contributed by atoms with Gasteiger partial charge in [0, 0.05) is 37.0 Å². The summed E-state index contributed by atoms with van der Waals surface area (Å²) < 4.78 is 5.50. The molecule has 0 aliphatic heterocycles. The zero-order chi connectivity index (χ0) is 19.9. The minimum Gasteiger partial charge on any atom is -0.463 e. The Morgan fingerprint density at radius 3 is 2.30 bits per heavy atom. The molecule has 0 radical (unpaired) electrons. The van der Waals surface area contributed by atoms with Crippen molar-refractivity contribution in [3.8, 4) is 0 Å². The van der Waals surface area contributed by atoms with Crippen LogP contribution in [0.5, 0.6) is 0 Å². The van der Waals surface area contributed by atoms with Crippen LogP contribution in [-0.4, -0.2) is 36.9 Å². The van der Waals surface area contributed by atoms with Crippen LogP contribution < -0.4 is 4.90 Å². The molecule has 1 atom stereocenters. The molecule has 0 saturated carbocycles. The van der Waals surface area contributed by atoms with Crippen LogP contribution in [0.1, 0.15) is 64.4 Å². The Hall–Kier alpha value is -0.930. The molecule has 1 aromatic carbocycles. The number of alkyl halides is 2. The number of halogens is 2. The Bertz CT molecular complexity index is 502. The second kappa shape index (κ2) is 15.0. The molecule has 0 amide bonds. The number of carbonyl (C=O) groups excluding carboxylic acids is 1. The number of nitrogens with zero attached hydrogens (tertiary/aromatic N) is 1. The zero-order valence-electron chi connectivity index (χ0n) is 16.9. The van der Waals surface area contributed by atoms with Gasteiger partial charge in [0.05, 0.1) is 6.10 Å². The highest BCUT2D eigenvalue weighted by Gasteiger charge is 2.10. The van der Waals surface area contributed by atoms with E-state index in [-0.39, 0.29) is 12.1 Å². The fourth-order valence-corrected chi connectivity index (χ4v) is 3.49. The fraction of sp³-hybridized carbons (Fsp3) is 0.682. The van der Waals surface area contributed by atoms with Crippen LogP contribution in [0, 0.1) is 0 Å². The second-order valence-electron chi connectivity index (χ2n) is 7.03. The van der Waals surface area contributed by atoms with E-state index in [1.807, 2.05) is 6.92 Å². The molecule has 0 aromatic heterocycles. The Labute approximate surface area is 175 Å². The average Bonchev–Trinajstić information content (AvgIpc) is 2.66. The number of rotatable bonds is 15. The van der Waals surface area contributed by atoms with Crippen LogP contribution in [0.25, 0.3) is 0 Å². The van der Waals surface area contributed by atoms with Crippen LogP contribution in [0.4, 0.5) is 5.69 Å². The van der Waals surface area contributed by atoms with Gasteiger partial charge in [-0.15, -0.1) is 23.2 Å². The number of unbranched alkanes of at least 4 members (excludes halogenated alkanes) is 3. The third-order valence-electron chi connectivity index (χ3n) is 4.65. The number of carbonyl (C=O) groups is 1. The van der Waals surface area contributed by atoms with Crippen LogP contribution in [-0.2, 0) is 16.0 Å². The van der Waals surface area contributed by atoms with Gasteiger partial charge in [0.25, 0.3) is 0 Å². The van der Waals surface area contributed by atoms with Gasteiger partial charge in [-0.1, -0.05) is 38.3 Å². The van der Waals surface area contributed by atoms with Gasteiger partial charge in [-0.25, -0.2) is 0 Å². The van der Waals surface area contributed by atoms with Crippen LogP contribution >= 0.6 is 23.2 Å². The summed E-state index contributed by atoms with van der Waals surface area (Å²) in [5.74, 6) is 1.08. The quantitative estimate of drug-likeness (QED) is 0.194.